The van der Waals surface area contributed by atoms with Gasteiger partial charge in [0.2, 0.25) is 0 Å². The predicted octanol–water partition coefficient (Wildman–Crippen LogP) is -1.26. The summed E-state index contributed by atoms with van der Waals surface area (Å²) in [5.41, 5.74) is 46.8. The summed E-state index contributed by atoms with van der Waals surface area (Å²) in [6, 6.07) is 0. The van der Waals surface area contributed by atoms with Gasteiger partial charge in [0.1, 0.15) is 0 Å². The van der Waals surface area contributed by atoms with Crippen molar-refractivity contribution in [1.29, 1.82) is 0 Å². The molecule has 0 radical (unpaired) electrons. The van der Waals surface area contributed by atoms with Crippen LogP contribution in [0.2, 0.25) is 0 Å². The van der Waals surface area contributed by atoms with E-state index in [1.54, 1.807) is 0 Å². The summed E-state index contributed by atoms with van der Waals surface area (Å²) < 4.78 is 0. The van der Waals surface area contributed by atoms with Crippen LogP contribution in [-0.2, 0) is 0 Å². The van der Waals surface area contributed by atoms with Crippen LogP contribution in [0.4, 0.5) is 0 Å². The average Bonchev–Trinajstić information content (AvgIpc) is 3.20. The maximum Gasteiger partial charge on any atom is 0.0110 e. The molecular formula is C40H97N15. The quantitative estimate of drug-likeness (QED) is 0.0328. The van der Waals surface area contributed by atoms with E-state index in [1.807, 2.05) is 0 Å². The van der Waals surface area contributed by atoms with Crippen molar-refractivity contribution in [3.63, 3.8) is 0 Å². The van der Waals surface area contributed by atoms with Crippen LogP contribution < -0.4 is 51.2 Å². The summed E-state index contributed by atoms with van der Waals surface area (Å²) in [5, 5.41) is 3.78. The zero-order valence-electron chi connectivity index (χ0n) is 36.1. The number of hydrogen-bond acceptors (Lipinski definition) is 15. The highest BCUT2D eigenvalue weighted by Crippen LogP contribution is 2.05. The lowest BCUT2D eigenvalue weighted by Gasteiger charge is -2.29. The molecule has 332 valence electrons. The van der Waals surface area contributed by atoms with Crippen LogP contribution in [0.5, 0.6) is 0 Å². The number of rotatable bonds is 46. The summed E-state index contributed by atoms with van der Waals surface area (Å²) in [6.07, 6.45) is 13.1. The van der Waals surface area contributed by atoms with E-state index < -0.39 is 0 Å². The highest BCUT2D eigenvalue weighted by molar-refractivity contribution is 4.70. The molecule has 0 aliphatic rings. The number of nitrogens with two attached hydrogens (primary N) is 8. The number of nitrogens with one attached hydrogen (secondary N) is 1. The lowest BCUT2D eigenvalue weighted by atomic mass is 10.2. The molecule has 0 spiro atoms. The molecule has 0 rings (SSSR count). The van der Waals surface area contributed by atoms with E-state index in [2.05, 4.69) is 34.7 Å². The number of hydrogen-bond donors (Lipinski definition) is 9. The van der Waals surface area contributed by atoms with E-state index in [0.29, 0.717) is 6.54 Å². The number of nitrogens with zero attached hydrogens (tertiary/aromatic N) is 6. The van der Waals surface area contributed by atoms with Gasteiger partial charge in [-0.05, 0) is 234 Å². The highest BCUT2D eigenvalue weighted by atomic mass is 15.2. The van der Waals surface area contributed by atoms with E-state index in [1.165, 1.54) is 12.8 Å². The fourth-order valence-electron chi connectivity index (χ4n) is 7.22. The molecule has 0 saturated carbocycles. The van der Waals surface area contributed by atoms with Gasteiger partial charge in [0, 0.05) is 26.2 Å². The first-order valence-electron chi connectivity index (χ1n) is 22.7. The molecule has 0 bridgehead atoms. The van der Waals surface area contributed by atoms with Crippen LogP contribution in [-0.4, -0.2) is 213 Å². The van der Waals surface area contributed by atoms with Crippen molar-refractivity contribution >= 4 is 0 Å². The molecular weight excluding hydrogens is 691 g/mol. The normalized spacial score (nSPS) is 12.3. The minimum atomic E-state index is 0.688. The van der Waals surface area contributed by atoms with Crippen molar-refractivity contribution in [3.05, 3.63) is 0 Å². The second-order valence-corrected chi connectivity index (χ2v) is 15.4. The molecule has 0 amide bonds. The summed E-state index contributed by atoms with van der Waals surface area (Å²) in [7, 11) is 0. The van der Waals surface area contributed by atoms with E-state index in [9.17, 15) is 0 Å². The van der Waals surface area contributed by atoms with Gasteiger partial charge in [0.15, 0.2) is 0 Å². The molecule has 0 aromatic carbocycles. The summed E-state index contributed by atoms with van der Waals surface area (Å²) in [5.74, 6) is 0. The largest absolute Gasteiger partial charge is 0.330 e. The Kier molecular flexibility index (Phi) is 42.5. The third-order valence-corrected chi connectivity index (χ3v) is 10.4. The second-order valence-electron chi connectivity index (χ2n) is 15.4. The summed E-state index contributed by atoms with van der Waals surface area (Å²) in [6.45, 7) is 27.3. The smallest absolute Gasteiger partial charge is 0.0110 e. The van der Waals surface area contributed by atoms with Crippen LogP contribution in [0.25, 0.3) is 0 Å². The van der Waals surface area contributed by atoms with Gasteiger partial charge in [-0.1, -0.05) is 0 Å². The van der Waals surface area contributed by atoms with Crippen molar-refractivity contribution in [2.45, 2.75) is 77.0 Å². The van der Waals surface area contributed by atoms with Gasteiger partial charge < -0.3 is 80.6 Å². The highest BCUT2D eigenvalue weighted by Gasteiger charge is 2.13. The third kappa shape index (κ3) is 35.1. The Labute approximate surface area is 340 Å². The molecule has 0 atom stereocenters. The Balaban J connectivity index is 5.08. The van der Waals surface area contributed by atoms with Crippen LogP contribution in [0, 0.1) is 0 Å². The van der Waals surface area contributed by atoms with Gasteiger partial charge in [-0.25, -0.2) is 0 Å². The SMILES string of the molecule is NCCCN(CCCN)CCCN(CCCNCCCN(CCCN(CCCN)CCCN)CCN(CCN)CCCN)CCCN(CCCN)CCCN. The zero-order chi connectivity index (χ0) is 40.5. The Morgan fingerprint density at radius 2 is 0.400 bits per heavy atom. The molecule has 0 unspecified atom stereocenters. The molecule has 0 aromatic rings. The fourth-order valence-corrected chi connectivity index (χ4v) is 7.22. The summed E-state index contributed by atoms with van der Waals surface area (Å²) in [4.78, 5) is 15.5. The molecule has 0 aromatic heterocycles. The minimum absolute atomic E-state index is 0.688. The van der Waals surface area contributed by atoms with Gasteiger partial charge >= 0.3 is 0 Å². The van der Waals surface area contributed by atoms with Crippen molar-refractivity contribution in [2.24, 2.45) is 45.9 Å². The van der Waals surface area contributed by atoms with Crippen molar-refractivity contribution in [3.8, 4) is 0 Å². The second kappa shape index (κ2) is 43.0. The van der Waals surface area contributed by atoms with Crippen molar-refractivity contribution in [2.75, 3.05) is 183 Å². The first-order chi connectivity index (χ1) is 27.0. The Morgan fingerprint density at radius 1 is 0.200 bits per heavy atom. The third-order valence-electron chi connectivity index (χ3n) is 10.4. The predicted molar refractivity (Wildman–Crippen MR) is 239 cm³/mol. The molecule has 0 aliphatic heterocycles. The van der Waals surface area contributed by atoms with Crippen LogP contribution >= 0.6 is 0 Å². The van der Waals surface area contributed by atoms with Gasteiger partial charge in [-0.15, -0.1) is 0 Å². The molecule has 0 aliphatic carbocycles. The van der Waals surface area contributed by atoms with Crippen molar-refractivity contribution < 1.29 is 0 Å². The maximum atomic E-state index is 5.95. The van der Waals surface area contributed by atoms with Gasteiger partial charge in [0.25, 0.3) is 0 Å². The molecule has 15 heteroatoms. The first kappa shape index (κ1) is 54.4. The fraction of sp³-hybridized carbons (Fsp3) is 1.00. The van der Waals surface area contributed by atoms with Gasteiger partial charge in [-0.3, -0.25) is 0 Å². The minimum Gasteiger partial charge on any atom is -0.330 e. The average molecular weight is 788 g/mol. The molecule has 55 heavy (non-hydrogen) atoms. The Morgan fingerprint density at radius 3 is 0.636 bits per heavy atom. The molecule has 0 fully saturated rings. The van der Waals surface area contributed by atoms with Crippen molar-refractivity contribution in [1.82, 2.24) is 34.7 Å². The first-order valence-corrected chi connectivity index (χ1v) is 22.7. The Hall–Kier alpha value is -0.600. The molecule has 15 nitrogen and oxygen atoms in total. The van der Waals surface area contributed by atoms with E-state index in [-0.39, 0.29) is 0 Å². The lowest BCUT2D eigenvalue weighted by Crippen LogP contribution is -2.40. The molecule has 0 saturated heterocycles. The van der Waals surface area contributed by atoms with Gasteiger partial charge in [-0.2, -0.15) is 0 Å². The molecule has 0 heterocycles. The van der Waals surface area contributed by atoms with E-state index >= 15 is 0 Å². The topological polar surface area (TPSA) is 240 Å². The van der Waals surface area contributed by atoms with Crippen LogP contribution in [0.1, 0.15) is 77.0 Å². The standard InChI is InChI=1S/C40H97N15/c41-13-1-23-50(24-2-14-42)32-10-35-53(36-11-33-51(25-3-15-43)26-4-16-44)30-8-21-49-22-9-31-54(39-40-55(38-20-48)29-7-19-47)37-12-34-52(27-5-17-45)28-6-18-46/h49H,1-48H2. The van der Waals surface area contributed by atoms with Gasteiger partial charge in [0.05, 0.1) is 0 Å². The Bertz CT molecular complexity index is 691. The molecule has 17 N–H and O–H groups in total. The maximum absolute atomic E-state index is 5.95. The van der Waals surface area contributed by atoms with E-state index in [0.717, 1.165) is 241 Å². The van der Waals surface area contributed by atoms with Crippen LogP contribution in [0.15, 0.2) is 0 Å². The summed E-state index contributed by atoms with van der Waals surface area (Å²) >= 11 is 0. The van der Waals surface area contributed by atoms with Crippen LogP contribution in [0.3, 0.4) is 0 Å². The lowest BCUT2D eigenvalue weighted by molar-refractivity contribution is 0.188. The van der Waals surface area contributed by atoms with E-state index in [4.69, 9.17) is 45.9 Å². The monoisotopic (exact) mass is 788 g/mol. The zero-order valence-corrected chi connectivity index (χ0v) is 36.1.